The molecule has 0 aliphatic rings. The summed E-state index contributed by atoms with van der Waals surface area (Å²) < 4.78 is 37.0. The van der Waals surface area contributed by atoms with E-state index < -0.39 is 9.84 Å². The summed E-state index contributed by atoms with van der Waals surface area (Å²) in [6.45, 7) is 2.71. The lowest BCUT2D eigenvalue weighted by Gasteiger charge is -2.18. The number of hydrogen-bond donors (Lipinski definition) is 0. The van der Waals surface area contributed by atoms with Crippen LogP contribution in [-0.4, -0.2) is 31.7 Å². The Balaban J connectivity index is 1.47. The molecule has 9 heteroatoms. The van der Waals surface area contributed by atoms with Crippen molar-refractivity contribution in [2.45, 2.75) is 32.1 Å². The topological polar surface area (TPSA) is 89.7 Å². The predicted octanol–water partition coefficient (Wildman–Crippen LogP) is 5.22. The molecule has 0 bridgehead atoms. The van der Waals surface area contributed by atoms with Gasteiger partial charge in [0, 0.05) is 6.42 Å². The molecule has 0 radical (unpaired) electrons. The zero-order chi connectivity index (χ0) is 24.0. The van der Waals surface area contributed by atoms with E-state index in [-0.39, 0.29) is 36.8 Å². The second-order valence-corrected chi connectivity index (χ2v) is 11.0. The van der Waals surface area contributed by atoms with Crippen molar-refractivity contribution in [3.8, 4) is 5.75 Å². The molecule has 0 aliphatic heterocycles. The van der Waals surface area contributed by atoms with Gasteiger partial charge in [-0.1, -0.05) is 41.7 Å². The highest BCUT2D eigenvalue weighted by Crippen LogP contribution is 2.33. The van der Waals surface area contributed by atoms with E-state index in [0.29, 0.717) is 17.5 Å². The number of amides is 1. The molecule has 0 unspecified atom stereocenters. The molecule has 0 saturated carbocycles. The maximum absolute atomic E-state index is 13.2. The molecule has 0 spiro atoms. The summed E-state index contributed by atoms with van der Waals surface area (Å²) in [6, 6.07) is 18.2. The van der Waals surface area contributed by atoms with E-state index in [4.69, 9.17) is 9.15 Å². The van der Waals surface area contributed by atoms with E-state index >= 15 is 0 Å². The number of hydrogen-bond acceptors (Lipinski definition) is 7. The largest absolute Gasteiger partial charge is 0.494 e. The number of ether oxygens (including phenoxy) is 1. The minimum absolute atomic E-state index is 0.0296. The van der Waals surface area contributed by atoms with Gasteiger partial charge in [-0.2, -0.15) is 0 Å². The van der Waals surface area contributed by atoms with Crippen molar-refractivity contribution in [3.63, 3.8) is 0 Å². The van der Waals surface area contributed by atoms with Crippen LogP contribution in [0.2, 0.25) is 0 Å². The Morgan fingerprint density at radius 3 is 2.68 bits per heavy atom. The molecule has 2 aromatic heterocycles. The van der Waals surface area contributed by atoms with Crippen LogP contribution in [0, 0.1) is 0 Å². The number of anilines is 1. The summed E-state index contributed by atoms with van der Waals surface area (Å²) in [7, 11) is -3.32. The zero-order valence-electron chi connectivity index (χ0n) is 18.8. The van der Waals surface area contributed by atoms with Gasteiger partial charge in [-0.05, 0) is 49.2 Å². The lowest BCUT2D eigenvalue weighted by atomic mass is 10.2. The SMILES string of the molecule is CCOc1ccc2nc(N(Cc3ccco3)C(=O)CCCS(=O)(=O)Cc3ccccc3)sc2c1. The second kappa shape index (κ2) is 10.8. The number of nitrogens with zero attached hydrogens (tertiary/aromatic N) is 2. The van der Waals surface area contributed by atoms with Gasteiger partial charge in [0.25, 0.3) is 0 Å². The van der Waals surface area contributed by atoms with E-state index in [0.717, 1.165) is 21.5 Å². The van der Waals surface area contributed by atoms with Gasteiger partial charge >= 0.3 is 0 Å². The summed E-state index contributed by atoms with van der Waals surface area (Å²) in [5, 5.41) is 0.539. The Morgan fingerprint density at radius 2 is 1.94 bits per heavy atom. The van der Waals surface area contributed by atoms with E-state index in [1.54, 1.807) is 35.4 Å². The maximum Gasteiger partial charge on any atom is 0.229 e. The summed E-state index contributed by atoms with van der Waals surface area (Å²) in [5.41, 5.74) is 1.51. The van der Waals surface area contributed by atoms with Crippen LogP contribution in [0.3, 0.4) is 0 Å². The van der Waals surface area contributed by atoms with Crippen molar-refractivity contribution in [2.75, 3.05) is 17.3 Å². The fraction of sp³-hybridized carbons (Fsp3) is 0.280. The van der Waals surface area contributed by atoms with Crippen molar-refractivity contribution in [3.05, 3.63) is 78.3 Å². The quantitative estimate of drug-likeness (QED) is 0.282. The Kier molecular flexibility index (Phi) is 7.64. The number of furan rings is 1. The van der Waals surface area contributed by atoms with E-state index in [2.05, 4.69) is 4.98 Å². The molecule has 0 atom stereocenters. The fourth-order valence-electron chi connectivity index (χ4n) is 3.56. The first-order valence-corrected chi connectivity index (χ1v) is 13.7. The minimum atomic E-state index is -3.32. The van der Waals surface area contributed by atoms with Crippen molar-refractivity contribution in [2.24, 2.45) is 0 Å². The Bertz CT molecular complexity index is 1330. The third-order valence-electron chi connectivity index (χ3n) is 5.16. The van der Waals surface area contributed by atoms with Gasteiger partial charge < -0.3 is 9.15 Å². The lowest BCUT2D eigenvalue weighted by molar-refractivity contribution is -0.118. The molecule has 4 rings (SSSR count). The van der Waals surface area contributed by atoms with Gasteiger partial charge in [0.05, 0.1) is 41.1 Å². The molecular weight excluding hydrogens is 472 g/mol. The number of aromatic nitrogens is 1. The first-order valence-electron chi connectivity index (χ1n) is 11.0. The molecule has 2 aromatic carbocycles. The Hall–Kier alpha value is -3.17. The number of sulfone groups is 1. The number of carbonyl (C=O) groups is 1. The van der Waals surface area contributed by atoms with Crippen molar-refractivity contribution >= 4 is 42.4 Å². The van der Waals surface area contributed by atoms with Gasteiger partial charge in [0.2, 0.25) is 5.91 Å². The van der Waals surface area contributed by atoms with E-state index in [9.17, 15) is 13.2 Å². The lowest BCUT2D eigenvalue weighted by Crippen LogP contribution is -2.30. The highest BCUT2D eigenvalue weighted by molar-refractivity contribution is 7.90. The van der Waals surface area contributed by atoms with Gasteiger partial charge in [-0.25, -0.2) is 13.4 Å². The fourth-order valence-corrected chi connectivity index (χ4v) is 6.00. The summed E-state index contributed by atoms with van der Waals surface area (Å²) in [4.78, 5) is 19.4. The van der Waals surface area contributed by atoms with Crippen molar-refractivity contribution < 1.29 is 22.4 Å². The van der Waals surface area contributed by atoms with Gasteiger partial charge in [-0.3, -0.25) is 9.69 Å². The Labute approximate surface area is 202 Å². The van der Waals surface area contributed by atoms with Gasteiger partial charge in [0.15, 0.2) is 15.0 Å². The van der Waals surface area contributed by atoms with Crippen molar-refractivity contribution in [1.29, 1.82) is 0 Å². The number of thiazole rings is 1. The van der Waals surface area contributed by atoms with Crippen LogP contribution in [0.25, 0.3) is 10.2 Å². The van der Waals surface area contributed by atoms with Crippen molar-refractivity contribution in [1.82, 2.24) is 4.98 Å². The second-order valence-electron chi connectivity index (χ2n) is 7.80. The zero-order valence-corrected chi connectivity index (χ0v) is 20.5. The van der Waals surface area contributed by atoms with Gasteiger partial charge in [0.1, 0.15) is 11.5 Å². The number of rotatable bonds is 11. The predicted molar refractivity (Wildman–Crippen MR) is 134 cm³/mol. The molecule has 4 aromatic rings. The van der Waals surface area contributed by atoms with Crippen LogP contribution in [0.4, 0.5) is 5.13 Å². The van der Waals surface area contributed by atoms with Gasteiger partial charge in [-0.15, -0.1) is 0 Å². The summed E-state index contributed by atoms with van der Waals surface area (Å²) in [5.74, 6) is 1.09. The van der Waals surface area contributed by atoms with E-state index in [1.165, 1.54) is 11.3 Å². The summed E-state index contributed by atoms with van der Waals surface area (Å²) in [6.07, 6.45) is 1.89. The standard InChI is InChI=1S/C25H26N2O5S2/c1-2-31-20-12-13-22-23(16-20)33-25(26-22)27(17-21-10-6-14-32-21)24(28)11-7-15-34(29,30)18-19-8-4-3-5-9-19/h3-6,8-10,12-14,16H,2,7,11,15,17-18H2,1H3. The molecule has 0 fully saturated rings. The van der Waals surface area contributed by atoms with E-state index in [1.807, 2.05) is 43.3 Å². The van der Waals surface area contributed by atoms with Crippen LogP contribution in [0.1, 0.15) is 31.1 Å². The van der Waals surface area contributed by atoms with Crippen LogP contribution in [0.5, 0.6) is 5.75 Å². The third kappa shape index (κ3) is 6.24. The molecule has 34 heavy (non-hydrogen) atoms. The maximum atomic E-state index is 13.2. The normalized spacial score (nSPS) is 11.6. The highest BCUT2D eigenvalue weighted by atomic mass is 32.2. The van der Waals surface area contributed by atoms with Crippen LogP contribution in [0.15, 0.2) is 71.3 Å². The van der Waals surface area contributed by atoms with Crippen LogP contribution < -0.4 is 9.64 Å². The molecule has 7 nitrogen and oxygen atoms in total. The van der Waals surface area contributed by atoms with Crippen LogP contribution >= 0.6 is 11.3 Å². The minimum Gasteiger partial charge on any atom is -0.494 e. The molecular formula is C25H26N2O5S2. The average Bonchev–Trinajstić information content (AvgIpc) is 3.47. The molecule has 0 saturated heterocycles. The molecule has 1 amide bonds. The highest BCUT2D eigenvalue weighted by Gasteiger charge is 2.22. The third-order valence-corrected chi connectivity index (χ3v) is 7.89. The number of benzene rings is 2. The average molecular weight is 499 g/mol. The monoisotopic (exact) mass is 498 g/mol. The number of carbonyl (C=O) groups excluding carboxylic acids is 1. The molecule has 0 aliphatic carbocycles. The molecule has 2 heterocycles. The smallest absolute Gasteiger partial charge is 0.229 e. The summed E-state index contributed by atoms with van der Waals surface area (Å²) >= 11 is 1.39. The van der Waals surface area contributed by atoms with Crippen LogP contribution in [-0.2, 0) is 26.9 Å². The first kappa shape index (κ1) is 24.0. The Morgan fingerprint density at radius 1 is 1.12 bits per heavy atom. The first-order chi connectivity index (χ1) is 16.4. The molecule has 178 valence electrons. The molecule has 0 N–H and O–H groups in total. The number of fused-ring (bicyclic) bond motifs is 1.